The number of amides is 2. The van der Waals surface area contributed by atoms with Crippen LogP contribution in [0.25, 0.3) is 0 Å². The van der Waals surface area contributed by atoms with Gasteiger partial charge in [0.1, 0.15) is 0 Å². The number of aliphatic carboxylic acids is 1. The maximum absolute atomic E-state index is 11.4. The first-order valence-electron chi connectivity index (χ1n) is 4.69. The lowest BCUT2D eigenvalue weighted by molar-refractivity contribution is -0.149. The second-order valence-electron chi connectivity index (χ2n) is 3.76. The van der Waals surface area contributed by atoms with E-state index in [0.717, 1.165) is 4.90 Å². The van der Waals surface area contributed by atoms with Crippen molar-refractivity contribution in [1.29, 1.82) is 0 Å². The number of likely N-dealkylation sites (tertiary alicyclic amines) is 1. The van der Waals surface area contributed by atoms with E-state index in [-0.39, 0.29) is 17.9 Å². The van der Waals surface area contributed by atoms with E-state index in [0.29, 0.717) is 25.7 Å². The molecule has 2 aliphatic rings. The van der Waals surface area contributed by atoms with Crippen LogP contribution in [0.4, 0.5) is 0 Å². The number of rotatable bonds is 2. The maximum Gasteiger partial charge on any atom is 0.308 e. The van der Waals surface area contributed by atoms with Crippen molar-refractivity contribution in [3.8, 4) is 0 Å². The van der Waals surface area contributed by atoms with Crippen LogP contribution in [0.1, 0.15) is 25.7 Å². The Kier molecular flexibility index (Phi) is 2.02. The van der Waals surface area contributed by atoms with Crippen LogP contribution in [0, 0.1) is 5.92 Å². The summed E-state index contributed by atoms with van der Waals surface area (Å²) in [5.41, 5.74) is 0. The lowest BCUT2D eigenvalue weighted by Crippen LogP contribution is -2.42. The highest BCUT2D eigenvalue weighted by molar-refractivity contribution is 5.99. The predicted octanol–water partition coefficient (Wildman–Crippen LogP) is -0.00140. The van der Waals surface area contributed by atoms with E-state index in [4.69, 9.17) is 5.11 Å². The van der Waals surface area contributed by atoms with Crippen molar-refractivity contribution in [3.63, 3.8) is 0 Å². The van der Waals surface area contributed by atoms with Gasteiger partial charge in [-0.05, 0) is 12.8 Å². The van der Waals surface area contributed by atoms with Crippen LogP contribution in [0.5, 0.6) is 0 Å². The summed E-state index contributed by atoms with van der Waals surface area (Å²) in [7, 11) is 0. The Labute approximate surface area is 80.7 Å². The number of imide groups is 1. The van der Waals surface area contributed by atoms with Crippen LogP contribution in [0.2, 0.25) is 0 Å². The molecule has 2 unspecified atom stereocenters. The standard InChI is InChI=1S/C9H11NO4/c11-7-2-1-3-8(12)10(7)6-4-5(6)9(13)14/h5-6H,1-4H2,(H,13,14). The lowest BCUT2D eigenvalue weighted by Gasteiger charge is -2.24. The van der Waals surface area contributed by atoms with E-state index >= 15 is 0 Å². The monoisotopic (exact) mass is 197 g/mol. The number of carbonyl (C=O) groups excluding carboxylic acids is 2. The van der Waals surface area contributed by atoms with Crippen molar-refractivity contribution in [2.24, 2.45) is 5.92 Å². The summed E-state index contributed by atoms with van der Waals surface area (Å²) in [6.45, 7) is 0. The maximum atomic E-state index is 11.4. The van der Waals surface area contributed by atoms with Crippen LogP contribution in [0.15, 0.2) is 0 Å². The zero-order valence-electron chi connectivity index (χ0n) is 7.60. The van der Waals surface area contributed by atoms with Crippen LogP contribution in [-0.2, 0) is 14.4 Å². The van der Waals surface area contributed by atoms with Crippen LogP contribution >= 0.6 is 0 Å². The molecule has 1 heterocycles. The second-order valence-corrected chi connectivity index (χ2v) is 3.76. The van der Waals surface area contributed by atoms with Gasteiger partial charge >= 0.3 is 5.97 Å². The third-order valence-electron chi connectivity index (χ3n) is 2.72. The summed E-state index contributed by atoms with van der Waals surface area (Å²) in [4.78, 5) is 34.5. The van der Waals surface area contributed by atoms with Gasteiger partial charge in [-0.25, -0.2) is 0 Å². The highest BCUT2D eigenvalue weighted by Gasteiger charge is 2.51. The molecule has 14 heavy (non-hydrogen) atoms. The molecule has 0 bridgehead atoms. The first-order chi connectivity index (χ1) is 6.61. The largest absolute Gasteiger partial charge is 0.481 e. The minimum Gasteiger partial charge on any atom is -0.481 e. The van der Waals surface area contributed by atoms with Gasteiger partial charge in [0.05, 0.1) is 12.0 Å². The lowest BCUT2D eigenvalue weighted by atomic mass is 10.1. The molecule has 1 saturated heterocycles. The SMILES string of the molecule is O=C(O)C1CC1N1C(=O)CCCC1=O. The number of carbonyl (C=O) groups is 3. The molecular formula is C9H11NO4. The first-order valence-corrected chi connectivity index (χ1v) is 4.69. The zero-order chi connectivity index (χ0) is 10.3. The Morgan fingerprint density at radius 2 is 1.86 bits per heavy atom. The normalized spacial score (nSPS) is 31.9. The number of hydrogen-bond acceptors (Lipinski definition) is 3. The predicted molar refractivity (Wildman–Crippen MR) is 45.2 cm³/mol. The molecule has 5 nitrogen and oxygen atoms in total. The molecule has 2 atom stereocenters. The minimum atomic E-state index is -0.916. The number of carboxylic acid groups (broad SMARTS) is 1. The quantitative estimate of drug-likeness (QED) is 0.632. The Balaban J connectivity index is 2.06. The Hall–Kier alpha value is -1.39. The molecule has 2 amide bonds. The zero-order valence-corrected chi connectivity index (χ0v) is 7.60. The number of hydrogen-bond donors (Lipinski definition) is 1. The molecule has 1 aliphatic heterocycles. The summed E-state index contributed by atoms with van der Waals surface area (Å²) in [5.74, 6) is -1.87. The number of carboxylic acids is 1. The molecule has 1 aliphatic carbocycles. The summed E-state index contributed by atoms with van der Waals surface area (Å²) in [6, 6.07) is -0.368. The molecule has 0 aromatic carbocycles. The van der Waals surface area contributed by atoms with Gasteiger partial charge < -0.3 is 5.11 Å². The van der Waals surface area contributed by atoms with Gasteiger partial charge in [0.2, 0.25) is 11.8 Å². The van der Waals surface area contributed by atoms with E-state index in [2.05, 4.69) is 0 Å². The molecule has 0 spiro atoms. The minimum absolute atomic E-state index is 0.213. The topological polar surface area (TPSA) is 74.7 Å². The molecule has 0 aromatic heterocycles. The molecule has 2 rings (SSSR count). The highest BCUT2D eigenvalue weighted by Crippen LogP contribution is 2.38. The molecule has 5 heteroatoms. The third kappa shape index (κ3) is 1.38. The Morgan fingerprint density at radius 3 is 2.29 bits per heavy atom. The number of piperidine rings is 1. The molecular weight excluding hydrogens is 186 g/mol. The summed E-state index contributed by atoms with van der Waals surface area (Å²) in [6.07, 6.45) is 1.76. The van der Waals surface area contributed by atoms with Crippen molar-refractivity contribution < 1.29 is 19.5 Å². The van der Waals surface area contributed by atoms with Crippen molar-refractivity contribution in [1.82, 2.24) is 4.90 Å². The highest BCUT2D eigenvalue weighted by atomic mass is 16.4. The fourth-order valence-electron chi connectivity index (χ4n) is 1.87. The molecule has 76 valence electrons. The molecule has 0 radical (unpaired) electrons. The number of nitrogens with zero attached hydrogens (tertiary/aromatic N) is 1. The average Bonchev–Trinajstić information content (AvgIpc) is 2.83. The smallest absolute Gasteiger partial charge is 0.308 e. The van der Waals surface area contributed by atoms with Crippen molar-refractivity contribution in [2.75, 3.05) is 0 Å². The van der Waals surface area contributed by atoms with Gasteiger partial charge in [-0.2, -0.15) is 0 Å². The van der Waals surface area contributed by atoms with Gasteiger partial charge in [0, 0.05) is 12.8 Å². The van der Waals surface area contributed by atoms with Crippen molar-refractivity contribution in [2.45, 2.75) is 31.7 Å². The fraction of sp³-hybridized carbons (Fsp3) is 0.667. The Morgan fingerprint density at radius 1 is 1.29 bits per heavy atom. The van der Waals surface area contributed by atoms with Gasteiger partial charge in [-0.15, -0.1) is 0 Å². The van der Waals surface area contributed by atoms with Crippen LogP contribution < -0.4 is 0 Å². The molecule has 1 N–H and O–H groups in total. The van der Waals surface area contributed by atoms with E-state index in [9.17, 15) is 14.4 Å². The van der Waals surface area contributed by atoms with Gasteiger partial charge in [0.25, 0.3) is 0 Å². The summed E-state index contributed by atoms with van der Waals surface area (Å²) < 4.78 is 0. The van der Waals surface area contributed by atoms with E-state index in [1.165, 1.54) is 0 Å². The van der Waals surface area contributed by atoms with Gasteiger partial charge in [-0.1, -0.05) is 0 Å². The van der Waals surface area contributed by atoms with Crippen molar-refractivity contribution >= 4 is 17.8 Å². The summed E-state index contributed by atoms with van der Waals surface area (Å²) in [5, 5.41) is 8.68. The third-order valence-corrected chi connectivity index (χ3v) is 2.72. The van der Waals surface area contributed by atoms with E-state index in [1.807, 2.05) is 0 Å². The molecule has 1 saturated carbocycles. The molecule has 0 aromatic rings. The van der Waals surface area contributed by atoms with E-state index < -0.39 is 11.9 Å². The first kappa shape index (κ1) is 9.18. The van der Waals surface area contributed by atoms with Crippen molar-refractivity contribution in [3.05, 3.63) is 0 Å². The summed E-state index contributed by atoms with van der Waals surface area (Å²) >= 11 is 0. The van der Waals surface area contributed by atoms with Crippen LogP contribution in [0.3, 0.4) is 0 Å². The average molecular weight is 197 g/mol. The van der Waals surface area contributed by atoms with Gasteiger partial charge in [-0.3, -0.25) is 19.3 Å². The Bertz CT molecular complexity index is 296. The van der Waals surface area contributed by atoms with Crippen LogP contribution in [-0.4, -0.2) is 33.8 Å². The molecule has 2 fully saturated rings. The van der Waals surface area contributed by atoms with Gasteiger partial charge in [0.15, 0.2) is 0 Å². The van der Waals surface area contributed by atoms with E-state index in [1.54, 1.807) is 0 Å². The fourth-order valence-corrected chi connectivity index (χ4v) is 1.87. The second kappa shape index (κ2) is 3.08.